The minimum atomic E-state index is 0.516. The van der Waals surface area contributed by atoms with E-state index in [1.54, 1.807) is 0 Å². The van der Waals surface area contributed by atoms with Crippen molar-refractivity contribution in [3.63, 3.8) is 0 Å². The number of aromatic nitrogens is 2. The van der Waals surface area contributed by atoms with Gasteiger partial charge in [0.05, 0.1) is 11.9 Å². The summed E-state index contributed by atoms with van der Waals surface area (Å²) < 4.78 is 1.88. The Hall–Kier alpha value is -2.30. The maximum atomic E-state index is 5.74. The lowest BCUT2D eigenvalue weighted by molar-refractivity contribution is 0.838. The Kier molecular flexibility index (Phi) is 5.17. The van der Waals surface area contributed by atoms with E-state index in [1.165, 1.54) is 5.56 Å². The van der Waals surface area contributed by atoms with Crippen LogP contribution in [0.4, 0.5) is 0 Å². The summed E-state index contributed by atoms with van der Waals surface area (Å²) in [5.41, 5.74) is 7.97. The van der Waals surface area contributed by atoms with E-state index in [2.05, 4.69) is 22.3 Å². The van der Waals surface area contributed by atoms with Crippen LogP contribution in [-0.4, -0.2) is 28.8 Å². The highest BCUT2D eigenvalue weighted by atomic mass is 15.3. The summed E-state index contributed by atoms with van der Waals surface area (Å²) in [6.45, 7) is 3.61. The summed E-state index contributed by atoms with van der Waals surface area (Å²) in [7, 11) is 0. The third kappa shape index (κ3) is 4.12. The second-order valence-corrected chi connectivity index (χ2v) is 4.57. The van der Waals surface area contributed by atoms with Crippen LogP contribution >= 0.6 is 0 Å². The number of guanidine groups is 1. The number of nitrogens with two attached hydrogens (primary N) is 1. The topological polar surface area (TPSA) is 68.2 Å². The molecule has 1 aromatic heterocycles. The van der Waals surface area contributed by atoms with Gasteiger partial charge >= 0.3 is 0 Å². The van der Waals surface area contributed by atoms with Gasteiger partial charge in [0.15, 0.2) is 5.96 Å². The SMILES string of the molecule is CCCN=C(N)NCCc1cnn(-c2ccccc2)c1. The van der Waals surface area contributed by atoms with Crippen molar-refractivity contribution in [1.29, 1.82) is 0 Å². The van der Waals surface area contributed by atoms with Gasteiger partial charge < -0.3 is 11.1 Å². The third-order valence-corrected chi connectivity index (χ3v) is 2.88. The van der Waals surface area contributed by atoms with E-state index in [9.17, 15) is 0 Å². The fourth-order valence-electron chi connectivity index (χ4n) is 1.83. The lowest BCUT2D eigenvalue weighted by atomic mass is 10.2. The zero-order chi connectivity index (χ0) is 14.2. The number of aliphatic imine (C=N–C) groups is 1. The molecule has 0 saturated carbocycles. The number of hydrogen-bond donors (Lipinski definition) is 2. The number of hydrogen-bond acceptors (Lipinski definition) is 2. The average molecular weight is 271 g/mol. The van der Waals surface area contributed by atoms with Crippen LogP contribution in [0.3, 0.4) is 0 Å². The maximum Gasteiger partial charge on any atom is 0.188 e. The monoisotopic (exact) mass is 271 g/mol. The van der Waals surface area contributed by atoms with Crippen LogP contribution in [0.5, 0.6) is 0 Å². The average Bonchev–Trinajstić information content (AvgIpc) is 2.95. The van der Waals surface area contributed by atoms with Crippen LogP contribution in [0.2, 0.25) is 0 Å². The fourth-order valence-corrected chi connectivity index (χ4v) is 1.83. The summed E-state index contributed by atoms with van der Waals surface area (Å²) in [5, 5.41) is 7.47. The smallest absolute Gasteiger partial charge is 0.188 e. The van der Waals surface area contributed by atoms with Gasteiger partial charge in [-0.25, -0.2) is 4.68 Å². The van der Waals surface area contributed by atoms with Crippen LogP contribution < -0.4 is 11.1 Å². The molecular formula is C15H21N5. The zero-order valence-corrected chi connectivity index (χ0v) is 11.8. The summed E-state index contributed by atoms with van der Waals surface area (Å²) in [6.07, 6.45) is 5.80. The Labute approximate surface area is 119 Å². The Morgan fingerprint density at radius 2 is 2.15 bits per heavy atom. The maximum absolute atomic E-state index is 5.74. The van der Waals surface area contributed by atoms with Crippen molar-refractivity contribution in [2.45, 2.75) is 19.8 Å². The highest BCUT2D eigenvalue weighted by Gasteiger charge is 2.00. The number of nitrogens with one attached hydrogen (secondary N) is 1. The summed E-state index contributed by atoms with van der Waals surface area (Å²) in [5.74, 6) is 0.516. The molecule has 0 spiro atoms. The number of nitrogens with zero attached hydrogens (tertiary/aromatic N) is 3. The highest BCUT2D eigenvalue weighted by molar-refractivity contribution is 5.77. The van der Waals surface area contributed by atoms with E-state index in [1.807, 2.05) is 47.4 Å². The van der Waals surface area contributed by atoms with Crippen LogP contribution in [0.15, 0.2) is 47.7 Å². The number of benzene rings is 1. The Morgan fingerprint density at radius 3 is 2.90 bits per heavy atom. The fraction of sp³-hybridized carbons (Fsp3) is 0.333. The highest BCUT2D eigenvalue weighted by Crippen LogP contribution is 2.07. The summed E-state index contributed by atoms with van der Waals surface area (Å²) in [6, 6.07) is 10.1. The van der Waals surface area contributed by atoms with Gasteiger partial charge in [-0.2, -0.15) is 5.10 Å². The van der Waals surface area contributed by atoms with Gasteiger partial charge in [-0.3, -0.25) is 4.99 Å². The largest absolute Gasteiger partial charge is 0.370 e. The first-order valence-corrected chi connectivity index (χ1v) is 6.92. The summed E-state index contributed by atoms with van der Waals surface area (Å²) >= 11 is 0. The molecule has 0 aliphatic rings. The Bertz CT molecular complexity index is 544. The molecule has 0 fully saturated rings. The molecular weight excluding hydrogens is 250 g/mol. The molecule has 0 saturated heterocycles. The third-order valence-electron chi connectivity index (χ3n) is 2.88. The summed E-state index contributed by atoms with van der Waals surface area (Å²) in [4.78, 5) is 4.19. The molecule has 0 atom stereocenters. The van der Waals surface area contributed by atoms with Crippen LogP contribution in [-0.2, 0) is 6.42 Å². The molecule has 5 heteroatoms. The molecule has 3 N–H and O–H groups in total. The molecule has 2 aromatic rings. The molecule has 0 aliphatic heterocycles. The molecule has 20 heavy (non-hydrogen) atoms. The van der Waals surface area contributed by atoms with E-state index < -0.39 is 0 Å². The van der Waals surface area contributed by atoms with Gasteiger partial charge in [0.1, 0.15) is 0 Å². The van der Waals surface area contributed by atoms with Gasteiger partial charge in [-0.15, -0.1) is 0 Å². The van der Waals surface area contributed by atoms with Crippen molar-refractivity contribution in [1.82, 2.24) is 15.1 Å². The van der Waals surface area contributed by atoms with E-state index in [0.29, 0.717) is 5.96 Å². The van der Waals surface area contributed by atoms with Crippen LogP contribution in [0, 0.1) is 0 Å². The van der Waals surface area contributed by atoms with Gasteiger partial charge in [-0.05, 0) is 30.5 Å². The van der Waals surface area contributed by atoms with E-state index in [0.717, 1.165) is 31.6 Å². The van der Waals surface area contributed by atoms with Crippen molar-refractivity contribution in [3.05, 3.63) is 48.3 Å². The first-order valence-electron chi connectivity index (χ1n) is 6.92. The van der Waals surface area contributed by atoms with Crippen molar-refractivity contribution in [3.8, 4) is 5.69 Å². The predicted octanol–water partition coefficient (Wildman–Crippen LogP) is 1.73. The first-order chi connectivity index (χ1) is 9.79. The van der Waals surface area contributed by atoms with Crippen LogP contribution in [0.25, 0.3) is 5.69 Å². The quantitative estimate of drug-likeness (QED) is 0.621. The molecule has 1 aromatic carbocycles. The molecule has 0 aliphatic carbocycles. The van der Waals surface area contributed by atoms with Gasteiger partial charge in [0.25, 0.3) is 0 Å². The van der Waals surface area contributed by atoms with Gasteiger partial charge in [0.2, 0.25) is 0 Å². The second-order valence-electron chi connectivity index (χ2n) is 4.57. The number of rotatable bonds is 6. The molecule has 0 unspecified atom stereocenters. The molecule has 1 heterocycles. The van der Waals surface area contributed by atoms with Crippen molar-refractivity contribution >= 4 is 5.96 Å². The molecule has 2 rings (SSSR count). The Balaban J connectivity index is 1.85. The van der Waals surface area contributed by atoms with Crippen molar-refractivity contribution < 1.29 is 0 Å². The molecule has 106 valence electrons. The second kappa shape index (κ2) is 7.33. The van der Waals surface area contributed by atoms with Crippen LogP contribution in [0.1, 0.15) is 18.9 Å². The lowest BCUT2D eigenvalue weighted by Crippen LogP contribution is -2.33. The van der Waals surface area contributed by atoms with Gasteiger partial charge in [0, 0.05) is 19.3 Å². The molecule has 0 bridgehead atoms. The van der Waals surface area contributed by atoms with E-state index in [4.69, 9.17) is 5.73 Å². The molecule has 0 amide bonds. The zero-order valence-electron chi connectivity index (χ0n) is 11.8. The molecule has 0 radical (unpaired) electrons. The minimum absolute atomic E-state index is 0.516. The van der Waals surface area contributed by atoms with Gasteiger partial charge in [-0.1, -0.05) is 25.1 Å². The van der Waals surface area contributed by atoms with E-state index in [-0.39, 0.29) is 0 Å². The standard InChI is InChI=1S/C15H21N5/c1-2-9-17-15(16)18-10-8-13-11-19-20(12-13)14-6-4-3-5-7-14/h3-7,11-12H,2,8-10H2,1H3,(H3,16,17,18). The lowest BCUT2D eigenvalue weighted by Gasteiger charge is -2.03. The minimum Gasteiger partial charge on any atom is -0.370 e. The normalized spacial score (nSPS) is 11.6. The van der Waals surface area contributed by atoms with Crippen molar-refractivity contribution in [2.75, 3.05) is 13.1 Å². The molecule has 5 nitrogen and oxygen atoms in total. The van der Waals surface area contributed by atoms with Crippen molar-refractivity contribution in [2.24, 2.45) is 10.7 Å². The number of para-hydroxylation sites is 1. The Morgan fingerprint density at radius 1 is 1.35 bits per heavy atom. The predicted molar refractivity (Wildman–Crippen MR) is 82.1 cm³/mol. The first kappa shape index (κ1) is 14.1. The van der Waals surface area contributed by atoms with E-state index >= 15 is 0 Å².